The first-order chi connectivity index (χ1) is 13.9. The van der Waals surface area contributed by atoms with Crippen LogP contribution < -0.4 is 10.2 Å². The molecule has 140 valence electrons. The zero-order valence-electron chi connectivity index (χ0n) is 15.6. The van der Waals surface area contributed by atoms with Crippen LogP contribution >= 0.6 is 0 Å². The largest absolute Gasteiger partial charge is 0.341 e. The van der Waals surface area contributed by atoms with Crippen LogP contribution in [0.2, 0.25) is 0 Å². The van der Waals surface area contributed by atoms with Gasteiger partial charge in [0.25, 0.3) is 0 Å². The fourth-order valence-corrected chi connectivity index (χ4v) is 3.64. The van der Waals surface area contributed by atoms with Crippen molar-refractivity contribution in [1.29, 1.82) is 0 Å². The summed E-state index contributed by atoms with van der Waals surface area (Å²) in [5.41, 5.74) is 2.81. The van der Waals surface area contributed by atoms with Gasteiger partial charge in [0.15, 0.2) is 5.65 Å². The number of hydrogen-bond donors (Lipinski definition) is 1. The Morgan fingerprint density at radius 1 is 0.786 bits per heavy atom. The van der Waals surface area contributed by atoms with Gasteiger partial charge in [0.2, 0.25) is 5.95 Å². The van der Waals surface area contributed by atoms with Crippen molar-refractivity contribution in [2.24, 2.45) is 0 Å². The van der Waals surface area contributed by atoms with E-state index in [1.807, 2.05) is 71.5 Å². The van der Waals surface area contributed by atoms with E-state index in [4.69, 9.17) is 9.97 Å². The normalized spacial score (nSPS) is 14.4. The first kappa shape index (κ1) is 16.7. The Bertz CT molecular complexity index is 1070. The van der Waals surface area contributed by atoms with Gasteiger partial charge in [-0.1, -0.05) is 36.4 Å². The molecule has 1 aliphatic rings. The molecule has 1 saturated heterocycles. The molecule has 5 rings (SSSR count). The predicted molar refractivity (Wildman–Crippen MR) is 112 cm³/mol. The Kier molecular flexibility index (Phi) is 4.37. The third kappa shape index (κ3) is 3.17. The lowest BCUT2D eigenvalue weighted by Gasteiger charge is -2.27. The Morgan fingerprint density at radius 3 is 2.25 bits per heavy atom. The second-order valence-corrected chi connectivity index (χ2v) is 7.04. The zero-order chi connectivity index (χ0) is 18.8. The molecule has 3 heterocycles. The van der Waals surface area contributed by atoms with Gasteiger partial charge in [0.1, 0.15) is 5.82 Å². The van der Waals surface area contributed by atoms with E-state index in [-0.39, 0.29) is 0 Å². The minimum Gasteiger partial charge on any atom is -0.341 e. The lowest BCUT2D eigenvalue weighted by molar-refractivity contribution is 0.569. The summed E-state index contributed by atoms with van der Waals surface area (Å²) in [6.07, 6.45) is 5.48. The highest BCUT2D eigenvalue weighted by atomic mass is 15.3. The van der Waals surface area contributed by atoms with Gasteiger partial charge in [-0.15, -0.1) is 0 Å². The van der Waals surface area contributed by atoms with Crippen LogP contribution in [0.1, 0.15) is 19.3 Å². The summed E-state index contributed by atoms with van der Waals surface area (Å²) in [4.78, 5) is 12.1. The fourth-order valence-electron chi connectivity index (χ4n) is 3.64. The molecule has 1 N–H and O–H groups in total. The molecule has 6 nitrogen and oxygen atoms in total. The monoisotopic (exact) mass is 370 g/mol. The lowest BCUT2D eigenvalue weighted by atomic mass is 10.1. The van der Waals surface area contributed by atoms with Crippen molar-refractivity contribution in [1.82, 2.24) is 19.7 Å². The van der Waals surface area contributed by atoms with E-state index in [9.17, 15) is 0 Å². The number of aromatic nitrogens is 4. The van der Waals surface area contributed by atoms with Crippen molar-refractivity contribution in [3.63, 3.8) is 0 Å². The van der Waals surface area contributed by atoms with Gasteiger partial charge < -0.3 is 10.2 Å². The zero-order valence-corrected chi connectivity index (χ0v) is 15.6. The molecule has 1 aliphatic heterocycles. The second-order valence-electron chi connectivity index (χ2n) is 7.04. The van der Waals surface area contributed by atoms with Crippen molar-refractivity contribution in [2.75, 3.05) is 23.3 Å². The summed E-state index contributed by atoms with van der Waals surface area (Å²) in [6, 6.07) is 20.2. The summed E-state index contributed by atoms with van der Waals surface area (Å²) in [6.45, 7) is 1.99. The number of benzene rings is 2. The fraction of sp³-hybridized carbons (Fsp3) is 0.227. The molecule has 0 radical (unpaired) electrons. The number of hydrogen-bond acceptors (Lipinski definition) is 5. The maximum Gasteiger partial charge on any atom is 0.229 e. The number of anilines is 3. The number of rotatable bonds is 4. The molecule has 0 unspecified atom stereocenters. The Morgan fingerprint density at radius 2 is 1.50 bits per heavy atom. The summed E-state index contributed by atoms with van der Waals surface area (Å²) in [7, 11) is 0. The van der Waals surface area contributed by atoms with Gasteiger partial charge in [0, 0.05) is 18.8 Å². The highest BCUT2D eigenvalue weighted by Gasteiger charge is 2.19. The average molecular weight is 370 g/mol. The van der Waals surface area contributed by atoms with E-state index in [2.05, 4.69) is 15.3 Å². The Labute approximate surface area is 163 Å². The van der Waals surface area contributed by atoms with Crippen molar-refractivity contribution in [3.05, 3.63) is 66.9 Å². The standard InChI is InChI=1S/C22H22N6/c1-4-10-17(11-5-1)24-20-19-16-23-28(18-12-6-2-7-13-18)21(19)26-22(25-20)27-14-8-3-9-15-27/h1-2,4-7,10-13,16H,3,8-9,14-15H2,(H,24,25,26). The van der Waals surface area contributed by atoms with Crippen molar-refractivity contribution in [3.8, 4) is 5.69 Å². The first-order valence-corrected chi connectivity index (χ1v) is 9.77. The van der Waals surface area contributed by atoms with E-state index in [1.165, 1.54) is 19.3 Å². The third-order valence-corrected chi connectivity index (χ3v) is 5.09. The smallest absolute Gasteiger partial charge is 0.229 e. The van der Waals surface area contributed by atoms with Gasteiger partial charge in [-0.05, 0) is 43.5 Å². The summed E-state index contributed by atoms with van der Waals surface area (Å²) in [5.74, 6) is 1.56. The number of nitrogens with zero attached hydrogens (tertiary/aromatic N) is 5. The molecule has 0 atom stereocenters. The molecule has 0 spiro atoms. The van der Waals surface area contributed by atoms with Crippen molar-refractivity contribution < 1.29 is 0 Å². The van der Waals surface area contributed by atoms with Crippen LogP contribution in [0.25, 0.3) is 16.7 Å². The van der Waals surface area contributed by atoms with Crippen LogP contribution in [-0.4, -0.2) is 32.8 Å². The Balaban J connectivity index is 1.65. The molecule has 0 amide bonds. The lowest BCUT2D eigenvalue weighted by Crippen LogP contribution is -2.31. The van der Waals surface area contributed by atoms with Gasteiger partial charge in [-0.25, -0.2) is 4.68 Å². The summed E-state index contributed by atoms with van der Waals surface area (Å²) >= 11 is 0. The van der Waals surface area contributed by atoms with Crippen molar-refractivity contribution in [2.45, 2.75) is 19.3 Å². The molecular weight excluding hydrogens is 348 g/mol. The average Bonchev–Trinajstić information content (AvgIpc) is 3.20. The van der Waals surface area contributed by atoms with Crippen LogP contribution in [0.3, 0.4) is 0 Å². The van der Waals surface area contributed by atoms with Crippen LogP contribution in [0.5, 0.6) is 0 Å². The topological polar surface area (TPSA) is 58.9 Å². The highest BCUT2D eigenvalue weighted by molar-refractivity contribution is 5.90. The van der Waals surface area contributed by atoms with Crippen LogP contribution in [0.15, 0.2) is 66.9 Å². The van der Waals surface area contributed by atoms with E-state index in [0.29, 0.717) is 0 Å². The minimum atomic E-state index is 0.767. The highest BCUT2D eigenvalue weighted by Crippen LogP contribution is 2.28. The van der Waals surface area contributed by atoms with E-state index in [0.717, 1.165) is 47.3 Å². The van der Waals surface area contributed by atoms with Gasteiger partial charge in [-0.3, -0.25) is 0 Å². The van der Waals surface area contributed by atoms with Gasteiger partial charge in [-0.2, -0.15) is 15.1 Å². The SMILES string of the molecule is c1ccc(Nc2nc(N3CCCCC3)nc3c2cnn3-c2ccccc2)cc1. The molecule has 2 aromatic heterocycles. The van der Waals surface area contributed by atoms with Crippen LogP contribution in [0, 0.1) is 0 Å². The minimum absolute atomic E-state index is 0.767. The molecule has 1 fully saturated rings. The maximum absolute atomic E-state index is 4.91. The summed E-state index contributed by atoms with van der Waals surface area (Å²) < 4.78 is 1.89. The van der Waals surface area contributed by atoms with Crippen molar-refractivity contribution >= 4 is 28.5 Å². The first-order valence-electron chi connectivity index (χ1n) is 9.77. The van der Waals surface area contributed by atoms with E-state index in [1.54, 1.807) is 0 Å². The second kappa shape index (κ2) is 7.31. The molecule has 0 saturated carbocycles. The summed E-state index contributed by atoms with van der Waals surface area (Å²) in [5, 5.41) is 8.98. The Hall–Kier alpha value is -3.41. The molecule has 0 aliphatic carbocycles. The third-order valence-electron chi connectivity index (χ3n) is 5.09. The number of nitrogens with one attached hydrogen (secondary N) is 1. The van der Waals surface area contributed by atoms with Crippen LogP contribution in [-0.2, 0) is 0 Å². The molecule has 2 aromatic carbocycles. The predicted octanol–water partition coefficient (Wildman–Crippen LogP) is 4.55. The number of fused-ring (bicyclic) bond motifs is 1. The van der Waals surface area contributed by atoms with Gasteiger partial charge >= 0.3 is 0 Å². The van der Waals surface area contributed by atoms with E-state index < -0.39 is 0 Å². The quantitative estimate of drug-likeness (QED) is 0.571. The molecule has 0 bridgehead atoms. The molecule has 28 heavy (non-hydrogen) atoms. The number of piperidine rings is 1. The van der Waals surface area contributed by atoms with Crippen LogP contribution in [0.4, 0.5) is 17.5 Å². The molecular formula is C22H22N6. The maximum atomic E-state index is 4.91. The van der Waals surface area contributed by atoms with E-state index >= 15 is 0 Å². The van der Waals surface area contributed by atoms with Gasteiger partial charge in [0.05, 0.1) is 17.3 Å². The molecule has 4 aromatic rings. The molecule has 6 heteroatoms. The number of para-hydroxylation sites is 2.